The SMILES string of the molecule is OCCNCc1ccc(OCc2ccccc2)c(OCCCc2ccccc2)c1. The van der Waals surface area contributed by atoms with Gasteiger partial charge in [-0.1, -0.05) is 66.7 Å². The molecule has 0 aromatic heterocycles. The van der Waals surface area contributed by atoms with Crippen LogP contribution in [-0.4, -0.2) is 24.9 Å². The van der Waals surface area contributed by atoms with E-state index in [2.05, 4.69) is 29.6 Å². The van der Waals surface area contributed by atoms with Crippen molar-refractivity contribution in [2.24, 2.45) is 0 Å². The third-order valence-corrected chi connectivity index (χ3v) is 4.57. The second kappa shape index (κ2) is 11.9. The van der Waals surface area contributed by atoms with E-state index in [1.807, 2.05) is 54.6 Å². The highest BCUT2D eigenvalue weighted by Gasteiger charge is 2.08. The standard InChI is InChI=1S/C25H29NO3/c27-16-15-26-19-23-13-14-24(29-20-22-10-5-2-6-11-22)25(18-23)28-17-7-12-21-8-3-1-4-9-21/h1-6,8-11,13-14,18,26-27H,7,12,15-17,19-20H2. The molecule has 0 bridgehead atoms. The Kier molecular flexibility index (Phi) is 8.57. The average Bonchev–Trinajstić information content (AvgIpc) is 2.78. The molecule has 0 aliphatic rings. The highest BCUT2D eigenvalue weighted by atomic mass is 16.5. The molecule has 0 aliphatic heterocycles. The minimum Gasteiger partial charge on any atom is -0.490 e. The van der Waals surface area contributed by atoms with Gasteiger partial charge in [-0.15, -0.1) is 0 Å². The van der Waals surface area contributed by atoms with Crippen molar-refractivity contribution in [3.05, 3.63) is 95.6 Å². The lowest BCUT2D eigenvalue weighted by Crippen LogP contribution is -2.17. The lowest BCUT2D eigenvalue weighted by atomic mass is 10.1. The van der Waals surface area contributed by atoms with Crippen LogP contribution in [0.5, 0.6) is 11.5 Å². The number of aryl methyl sites for hydroxylation is 1. The van der Waals surface area contributed by atoms with E-state index in [-0.39, 0.29) is 6.61 Å². The summed E-state index contributed by atoms with van der Waals surface area (Å²) in [5.41, 5.74) is 3.54. The van der Waals surface area contributed by atoms with E-state index < -0.39 is 0 Å². The van der Waals surface area contributed by atoms with Gasteiger partial charge in [-0.05, 0) is 41.7 Å². The molecule has 0 radical (unpaired) electrons. The van der Waals surface area contributed by atoms with Gasteiger partial charge in [-0.3, -0.25) is 0 Å². The van der Waals surface area contributed by atoms with Gasteiger partial charge in [-0.2, -0.15) is 0 Å². The van der Waals surface area contributed by atoms with E-state index >= 15 is 0 Å². The van der Waals surface area contributed by atoms with Gasteiger partial charge in [-0.25, -0.2) is 0 Å². The molecule has 3 aromatic rings. The minimum atomic E-state index is 0.126. The molecule has 2 N–H and O–H groups in total. The van der Waals surface area contributed by atoms with Crippen LogP contribution in [0.25, 0.3) is 0 Å². The smallest absolute Gasteiger partial charge is 0.161 e. The molecule has 0 fully saturated rings. The molecule has 0 unspecified atom stereocenters. The van der Waals surface area contributed by atoms with Crippen molar-refractivity contribution in [2.45, 2.75) is 26.0 Å². The minimum absolute atomic E-state index is 0.126. The number of rotatable bonds is 12. The molecule has 152 valence electrons. The lowest BCUT2D eigenvalue weighted by Gasteiger charge is -2.15. The number of aliphatic hydroxyl groups is 1. The summed E-state index contributed by atoms with van der Waals surface area (Å²) in [6.07, 6.45) is 1.92. The number of nitrogens with one attached hydrogen (secondary N) is 1. The van der Waals surface area contributed by atoms with Gasteiger partial charge in [0.15, 0.2) is 11.5 Å². The Bertz CT molecular complexity index is 837. The molecule has 4 heteroatoms. The van der Waals surface area contributed by atoms with Gasteiger partial charge in [0.2, 0.25) is 0 Å². The van der Waals surface area contributed by atoms with Gasteiger partial charge in [0.05, 0.1) is 13.2 Å². The normalized spacial score (nSPS) is 10.7. The van der Waals surface area contributed by atoms with Crippen LogP contribution >= 0.6 is 0 Å². The van der Waals surface area contributed by atoms with Crippen molar-refractivity contribution >= 4 is 0 Å². The largest absolute Gasteiger partial charge is 0.490 e. The van der Waals surface area contributed by atoms with Gasteiger partial charge in [0.25, 0.3) is 0 Å². The zero-order chi connectivity index (χ0) is 20.2. The van der Waals surface area contributed by atoms with Crippen molar-refractivity contribution in [2.75, 3.05) is 19.8 Å². The Morgan fingerprint density at radius 3 is 2.17 bits per heavy atom. The molecule has 29 heavy (non-hydrogen) atoms. The molecule has 0 heterocycles. The number of hydrogen-bond acceptors (Lipinski definition) is 4. The van der Waals surface area contributed by atoms with Gasteiger partial charge < -0.3 is 19.9 Å². The van der Waals surface area contributed by atoms with Crippen molar-refractivity contribution in [1.29, 1.82) is 0 Å². The fraction of sp³-hybridized carbons (Fsp3) is 0.280. The van der Waals surface area contributed by atoms with Crippen LogP contribution in [0.4, 0.5) is 0 Å². The molecule has 3 rings (SSSR count). The van der Waals surface area contributed by atoms with Crippen LogP contribution in [0.2, 0.25) is 0 Å². The molecule has 0 atom stereocenters. The van der Waals surface area contributed by atoms with Crippen molar-refractivity contribution in [1.82, 2.24) is 5.32 Å². The van der Waals surface area contributed by atoms with Crippen LogP contribution < -0.4 is 14.8 Å². The second-order valence-electron chi connectivity index (χ2n) is 6.89. The molecule has 4 nitrogen and oxygen atoms in total. The number of ether oxygens (including phenoxy) is 2. The maximum absolute atomic E-state index is 8.95. The molecule has 0 aliphatic carbocycles. The van der Waals surface area contributed by atoms with E-state index in [4.69, 9.17) is 14.6 Å². The van der Waals surface area contributed by atoms with Gasteiger partial charge >= 0.3 is 0 Å². The molecule has 0 saturated heterocycles. The number of hydrogen-bond donors (Lipinski definition) is 2. The molecular weight excluding hydrogens is 362 g/mol. The van der Waals surface area contributed by atoms with Crippen molar-refractivity contribution in [3.63, 3.8) is 0 Å². The Balaban J connectivity index is 1.60. The van der Waals surface area contributed by atoms with Crippen LogP contribution in [-0.2, 0) is 19.6 Å². The quantitative estimate of drug-likeness (QED) is 0.451. The molecular formula is C25H29NO3. The van der Waals surface area contributed by atoms with E-state index in [9.17, 15) is 0 Å². The van der Waals surface area contributed by atoms with Crippen LogP contribution in [0.15, 0.2) is 78.9 Å². The maximum atomic E-state index is 8.95. The average molecular weight is 392 g/mol. The molecule has 3 aromatic carbocycles. The van der Waals surface area contributed by atoms with E-state index in [0.29, 0.717) is 26.3 Å². The third kappa shape index (κ3) is 7.26. The first kappa shape index (κ1) is 20.9. The first-order valence-corrected chi connectivity index (χ1v) is 10.1. The highest BCUT2D eigenvalue weighted by Crippen LogP contribution is 2.29. The lowest BCUT2D eigenvalue weighted by molar-refractivity contribution is 0.259. The summed E-state index contributed by atoms with van der Waals surface area (Å²) in [6.45, 7) is 2.51. The van der Waals surface area contributed by atoms with Gasteiger partial charge in [0.1, 0.15) is 6.61 Å². The summed E-state index contributed by atoms with van der Waals surface area (Å²) in [7, 11) is 0. The zero-order valence-corrected chi connectivity index (χ0v) is 16.7. The zero-order valence-electron chi connectivity index (χ0n) is 16.7. The predicted molar refractivity (Wildman–Crippen MR) is 116 cm³/mol. The first-order valence-electron chi connectivity index (χ1n) is 10.1. The summed E-state index contributed by atoms with van der Waals surface area (Å²) in [4.78, 5) is 0. The summed E-state index contributed by atoms with van der Waals surface area (Å²) < 4.78 is 12.1. The second-order valence-corrected chi connectivity index (χ2v) is 6.89. The topological polar surface area (TPSA) is 50.7 Å². The first-order chi connectivity index (χ1) is 14.3. The number of aliphatic hydroxyl groups excluding tert-OH is 1. The van der Waals surface area contributed by atoms with Crippen LogP contribution in [0.3, 0.4) is 0 Å². The Labute approximate surface area is 173 Å². The Morgan fingerprint density at radius 1 is 0.724 bits per heavy atom. The fourth-order valence-electron chi connectivity index (χ4n) is 3.04. The summed E-state index contributed by atoms with van der Waals surface area (Å²) >= 11 is 0. The summed E-state index contributed by atoms with van der Waals surface area (Å²) in [6, 6.07) is 26.6. The van der Waals surface area contributed by atoms with Gasteiger partial charge in [0, 0.05) is 13.1 Å². The molecule has 0 amide bonds. The predicted octanol–water partition coefficient (Wildman–Crippen LogP) is 4.36. The monoisotopic (exact) mass is 391 g/mol. The number of benzene rings is 3. The molecule has 0 spiro atoms. The van der Waals surface area contributed by atoms with Crippen LogP contribution in [0.1, 0.15) is 23.1 Å². The van der Waals surface area contributed by atoms with E-state index in [0.717, 1.165) is 35.5 Å². The van der Waals surface area contributed by atoms with E-state index in [1.54, 1.807) is 0 Å². The van der Waals surface area contributed by atoms with E-state index in [1.165, 1.54) is 5.56 Å². The summed E-state index contributed by atoms with van der Waals surface area (Å²) in [5.74, 6) is 1.51. The fourth-order valence-corrected chi connectivity index (χ4v) is 3.04. The summed E-state index contributed by atoms with van der Waals surface area (Å²) in [5, 5.41) is 12.1. The maximum Gasteiger partial charge on any atom is 0.161 e. The Hall–Kier alpha value is -2.82. The third-order valence-electron chi connectivity index (χ3n) is 4.57. The highest BCUT2D eigenvalue weighted by molar-refractivity contribution is 5.43. The van der Waals surface area contributed by atoms with Crippen molar-refractivity contribution < 1.29 is 14.6 Å². The van der Waals surface area contributed by atoms with Crippen LogP contribution in [0, 0.1) is 0 Å². The Morgan fingerprint density at radius 2 is 1.45 bits per heavy atom. The molecule has 0 saturated carbocycles. The van der Waals surface area contributed by atoms with Crippen molar-refractivity contribution in [3.8, 4) is 11.5 Å².